The van der Waals surface area contributed by atoms with Gasteiger partial charge in [0.1, 0.15) is 5.82 Å². The highest BCUT2D eigenvalue weighted by molar-refractivity contribution is 7.09. The van der Waals surface area contributed by atoms with Gasteiger partial charge in [-0.1, -0.05) is 31.6 Å². The van der Waals surface area contributed by atoms with E-state index in [9.17, 15) is 14.4 Å². The maximum absolute atomic E-state index is 13.1. The van der Waals surface area contributed by atoms with E-state index in [1.807, 2.05) is 35.8 Å². The van der Waals surface area contributed by atoms with Crippen molar-refractivity contribution in [1.29, 1.82) is 0 Å². The van der Waals surface area contributed by atoms with Crippen molar-refractivity contribution in [2.75, 3.05) is 31.5 Å². The van der Waals surface area contributed by atoms with E-state index in [1.165, 1.54) is 10.5 Å². The Hall–Kier alpha value is -3.26. The van der Waals surface area contributed by atoms with Gasteiger partial charge in [-0.05, 0) is 66.3 Å². The molecule has 8 heteroatoms. The molecule has 3 aliphatic heterocycles. The van der Waals surface area contributed by atoms with Gasteiger partial charge in [0.25, 0.3) is 0 Å². The number of hydrogen-bond acceptors (Lipinski definition) is 5. The maximum Gasteiger partial charge on any atom is 0.246 e. The van der Waals surface area contributed by atoms with Crippen LogP contribution in [0.4, 0.5) is 5.82 Å². The summed E-state index contributed by atoms with van der Waals surface area (Å²) < 4.78 is 0. The minimum Gasteiger partial charge on any atom is -0.343 e. The summed E-state index contributed by atoms with van der Waals surface area (Å²) in [5.74, 6) is 1.10. The molecule has 2 aromatic rings. The quantitative estimate of drug-likeness (QED) is 0.432. The molecule has 200 valence electrons. The molecular weight excluding hydrogens is 496 g/mol. The Bertz CT molecular complexity index is 1260. The van der Waals surface area contributed by atoms with Gasteiger partial charge in [0, 0.05) is 56.2 Å². The number of carbonyl (C=O) groups is 3. The van der Waals surface area contributed by atoms with Gasteiger partial charge in [0.05, 0.1) is 5.41 Å². The first-order chi connectivity index (χ1) is 18.3. The van der Waals surface area contributed by atoms with Gasteiger partial charge in [0.2, 0.25) is 17.7 Å². The van der Waals surface area contributed by atoms with Crippen molar-refractivity contribution in [2.24, 2.45) is 11.3 Å². The third kappa shape index (κ3) is 5.90. The zero-order valence-electron chi connectivity index (χ0n) is 22.2. The smallest absolute Gasteiger partial charge is 0.246 e. The third-order valence-electron chi connectivity index (χ3n) is 7.90. The molecule has 0 radical (unpaired) electrons. The predicted octanol–water partition coefficient (Wildman–Crippen LogP) is 4.71. The molecule has 0 aromatic carbocycles. The summed E-state index contributed by atoms with van der Waals surface area (Å²) in [6.07, 6.45) is 11.6. The molecule has 1 saturated heterocycles. The lowest BCUT2D eigenvalue weighted by molar-refractivity contribution is -0.138. The van der Waals surface area contributed by atoms with E-state index in [4.69, 9.17) is 0 Å². The van der Waals surface area contributed by atoms with Crippen LogP contribution in [-0.4, -0.2) is 58.7 Å². The van der Waals surface area contributed by atoms with Gasteiger partial charge < -0.3 is 15.1 Å². The molecule has 5 heterocycles. The molecule has 0 unspecified atom stereocenters. The molecule has 7 nitrogen and oxygen atoms in total. The second kappa shape index (κ2) is 11.2. The van der Waals surface area contributed by atoms with Crippen molar-refractivity contribution < 1.29 is 14.4 Å². The van der Waals surface area contributed by atoms with Crippen LogP contribution >= 0.6 is 11.3 Å². The first-order valence-electron chi connectivity index (χ1n) is 13.6. The Morgan fingerprint density at radius 2 is 2.03 bits per heavy atom. The average Bonchev–Trinajstić information content (AvgIpc) is 3.41. The Balaban J connectivity index is 1.19. The van der Waals surface area contributed by atoms with Crippen LogP contribution in [0.3, 0.4) is 0 Å². The third-order valence-corrected chi connectivity index (χ3v) is 8.78. The van der Waals surface area contributed by atoms with Crippen LogP contribution in [-0.2, 0) is 27.2 Å². The summed E-state index contributed by atoms with van der Waals surface area (Å²) >= 11 is 1.77. The molecule has 5 rings (SSSR count). The summed E-state index contributed by atoms with van der Waals surface area (Å²) in [6.45, 7) is 6.68. The van der Waals surface area contributed by atoms with Crippen molar-refractivity contribution in [3.05, 3.63) is 63.5 Å². The summed E-state index contributed by atoms with van der Waals surface area (Å²) in [6, 6.07) is 6.26. The van der Waals surface area contributed by atoms with Crippen LogP contribution < -0.4 is 5.32 Å². The fourth-order valence-electron chi connectivity index (χ4n) is 5.60. The van der Waals surface area contributed by atoms with Gasteiger partial charge in [-0.25, -0.2) is 4.98 Å². The van der Waals surface area contributed by atoms with Gasteiger partial charge in [-0.15, -0.1) is 11.3 Å². The number of thiophene rings is 1. The van der Waals surface area contributed by atoms with Crippen molar-refractivity contribution in [3.8, 4) is 0 Å². The largest absolute Gasteiger partial charge is 0.343 e. The second-order valence-corrected chi connectivity index (χ2v) is 12.2. The summed E-state index contributed by atoms with van der Waals surface area (Å²) in [5, 5.41) is 5.10. The molecule has 3 aliphatic rings. The number of amides is 3. The summed E-state index contributed by atoms with van der Waals surface area (Å²) in [4.78, 5) is 48.0. The molecule has 1 spiro atoms. The Kier molecular flexibility index (Phi) is 7.79. The predicted molar refractivity (Wildman–Crippen MR) is 151 cm³/mol. The van der Waals surface area contributed by atoms with Crippen LogP contribution in [0.1, 0.15) is 55.5 Å². The zero-order valence-corrected chi connectivity index (χ0v) is 23.1. The number of anilines is 1. The zero-order chi connectivity index (χ0) is 26.7. The molecule has 3 amide bonds. The minimum atomic E-state index is -0.512. The molecule has 0 saturated carbocycles. The minimum absolute atomic E-state index is 0.00245. The van der Waals surface area contributed by atoms with Gasteiger partial charge in [-0.3, -0.25) is 14.4 Å². The van der Waals surface area contributed by atoms with Crippen LogP contribution in [0.15, 0.2) is 47.5 Å². The number of rotatable bonds is 6. The highest BCUT2D eigenvalue weighted by Gasteiger charge is 2.45. The first-order valence-corrected chi connectivity index (χ1v) is 14.4. The lowest BCUT2D eigenvalue weighted by Crippen LogP contribution is -2.51. The fraction of sp³-hybridized carbons (Fsp3) is 0.467. The normalized spacial score (nSPS) is 19.0. The number of aromatic nitrogens is 1. The van der Waals surface area contributed by atoms with E-state index in [1.54, 1.807) is 23.6 Å². The average molecular weight is 533 g/mol. The van der Waals surface area contributed by atoms with E-state index < -0.39 is 5.41 Å². The lowest BCUT2D eigenvalue weighted by atomic mass is 9.71. The van der Waals surface area contributed by atoms with Crippen molar-refractivity contribution >= 4 is 41.0 Å². The van der Waals surface area contributed by atoms with Crippen LogP contribution in [0.5, 0.6) is 0 Å². The van der Waals surface area contributed by atoms with Gasteiger partial charge >= 0.3 is 0 Å². The maximum atomic E-state index is 13.1. The molecule has 2 aromatic heterocycles. The standard InChI is InChI=1S/C30H36N4O3S/c1-21(2)16-27(36)34-13-9-30(10-14-34)19-24-17-23(20-31-28(24)32-29(30)37)5-6-26(35)33-11-7-22(8-12-33)18-25-4-3-15-38-25/h3-7,15,17,20-21H,8-14,16,18-19H2,1-2H3,(H,31,32,37)/b6-5+. The van der Waals surface area contributed by atoms with E-state index in [0.717, 1.165) is 30.5 Å². The number of fused-ring (bicyclic) bond motifs is 1. The van der Waals surface area contributed by atoms with Crippen LogP contribution in [0.25, 0.3) is 6.08 Å². The topological polar surface area (TPSA) is 82.6 Å². The molecule has 1 N–H and O–H groups in total. The Morgan fingerprint density at radius 3 is 2.71 bits per heavy atom. The number of nitrogens with zero attached hydrogens (tertiary/aromatic N) is 3. The molecule has 1 fully saturated rings. The fourth-order valence-corrected chi connectivity index (χ4v) is 6.36. The summed E-state index contributed by atoms with van der Waals surface area (Å²) in [7, 11) is 0. The van der Waals surface area contributed by atoms with Crippen molar-refractivity contribution in [1.82, 2.24) is 14.8 Å². The monoisotopic (exact) mass is 532 g/mol. The number of carbonyl (C=O) groups excluding carboxylic acids is 3. The van der Waals surface area contributed by atoms with Crippen molar-refractivity contribution in [2.45, 2.75) is 52.4 Å². The molecule has 0 atom stereocenters. The summed E-state index contributed by atoms with van der Waals surface area (Å²) in [5.41, 5.74) is 2.72. The molecule has 0 bridgehead atoms. The number of likely N-dealkylation sites (tertiary alicyclic amines) is 1. The molecule has 0 aliphatic carbocycles. The SMILES string of the molecule is CC(C)CC(=O)N1CCC2(CC1)Cc1cc(/C=C/C(=O)N3CC=C(Cc4cccs4)CC3)cnc1NC2=O. The van der Waals surface area contributed by atoms with Crippen molar-refractivity contribution in [3.63, 3.8) is 0 Å². The number of nitrogens with one attached hydrogen (secondary N) is 1. The van der Waals surface area contributed by atoms with E-state index in [0.29, 0.717) is 57.1 Å². The van der Waals surface area contributed by atoms with Gasteiger partial charge in [-0.2, -0.15) is 0 Å². The molecule has 38 heavy (non-hydrogen) atoms. The second-order valence-electron chi connectivity index (χ2n) is 11.2. The number of piperidine rings is 1. The van der Waals surface area contributed by atoms with Crippen LogP contribution in [0.2, 0.25) is 0 Å². The first kappa shape index (κ1) is 26.4. The highest BCUT2D eigenvalue weighted by atomic mass is 32.1. The highest BCUT2D eigenvalue weighted by Crippen LogP contribution is 2.41. The number of pyridine rings is 1. The van der Waals surface area contributed by atoms with E-state index >= 15 is 0 Å². The van der Waals surface area contributed by atoms with Gasteiger partial charge in [0.15, 0.2) is 0 Å². The molecular formula is C30H36N4O3S. The van der Waals surface area contributed by atoms with Crippen LogP contribution in [0, 0.1) is 11.3 Å². The Labute approximate surface area is 228 Å². The van der Waals surface area contributed by atoms with E-state index in [-0.39, 0.29) is 17.7 Å². The number of hydrogen-bond donors (Lipinski definition) is 1. The lowest BCUT2D eigenvalue weighted by Gasteiger charge is -2.43. The van der Waals surface area contributed by atoms with E-state index in [2.05, 4.69) is 33.9 Å². The Morgan fingerprint density at radius 1 is 1.21 bits per heavy atom.